The molecule has 0 bridgehead atoms. The summed E-state index contributed by atoms with van der Waals surface area (Å²) in [4.78, 5) is 28.5. The standard InChI is InChI=1S/C17H17N3O3/c1-10-3-4-11(2)15(7-10)23-9-16(21)18-12-5-6-13-14(8-12)20-17(22)19-13/h3-8H,9H2,1-2H3,(H,18,21)(H2,19,20,22). The average Bonchev–Trinajstić information content (AvgIpc) is 2.87. The van der Waals surface area contributed by atoms with Crippen molar-refractivity contribution in [1.29, 1.82) is 0 Å². The molecule has 23 heavy (non-hydrogen) atoms. The number of aromatic amines is 2. The first-order valence-electron chi connectivity index (χ1n) is 7.23. The number of anilines is 1. The third kappa shape index (κ3) is 3.42. The minimum absolute atomic E-state index is 0.0774. The van der Waals surface area contributed by atoms with E-state index in [2.05, 4.69) is 15.3 Å². The molecule has 6 nitrogen and oxygen atoms in total. The highest BCUT2D eigenvalue weighted by Gasteiger charge is 2.07. The van der Waals surface area contributed by atoms with Crippen molar-refractivity contribution in [2.24, 2.45) is 0 Å². The summed E-state index contributed by atoms with van der Waals surface area (Å²) >= 11 is 0. The maximum Gasteiger partial charge on any atom is 0.323 e. The molecule has 1 aromatic heterocycles. The van der Waals surface area contributed by atoms with Gasteiger partial charge in [-0.15, -0.1) is 0 Å². The summed E-state index contributed by atoms with van der Waals surface area (Å²) in [5.74, 6) is 0.439. The van der Waals surface area contributed by atoms with E-state index in [0.29, 0.717) is 22.5 Å². The molecule has 0 radical (unpaired) electrons. The van der Waals surface area contributed by atoms with E-state index in [9.17, 15) is 9.59 Å². The fourth-order valence-electron chi connectivity index (χ4n) is 2.31. The fraction of sp³-hybridized carbons (Fsp3) is 0.176. The Balaban J connectivity index is 1.66. The van der Waals surface area contributed by atoms with Gasteiger partial charge in [0.1, 0.15) is 5.75 Å². The van der Waals surface area contributed by atoms with Gasteiger partial charge in [0.15, 0.2) is 6.61 Å². The van der Waals surface area contributed by atoms with Crippen molar-refractivity contribution in [3.8, 4) is 5.75 Å². The Hall–Kier alpha value is -3.02. The Labute approximate surface area is 132 Å². The number of benzene rings is 2. The van der Waals surface area contributed by atoms with E-state index < -0.39 is 0 Å². The lowest BCUT2D eigenvalue weighted by Crippen LogP contribution is -2.20. The molecule has 0 unspecified atom stereocenters. The fourth-order valence-corrected chi connectivity index (χ4v) is 2.31. The largest absolute Gasteiger partial charge is 0.483 e. The van der Waals surface area contributed by atoms with Crippen molar-refractivity contribution >= 4 is 22.6 Å². The Morgan fingerprint density at radius 1 is 1.09 bits per heavy atom. The van der Waals surface area contributed by atoms with Crippen LogP contribution in [0.3, 0.4) is 0 Å². The van der Waals surface area contributed by atoms with Gasteiger partial charge in [0.25, 0.3) is 5.91 Å². The topological polar surface area (TPSA) is 87.0 Å². The van der Waals surface area contributed by atoms with Crippen molar-refractivity contribution in [1.82, 2.24) is 9.97 Å². The van der Waals surface area contributed by atoms with Gasteiger partial charge in [0.05, 0.1) is 11.0 Å². The minimum Gasteiger partial charge on any atom is -0.483 e. The summed E-state index contributed by atoms with van der Waals surface area (Å²) in [6, 6.07) is 11.0. The zero-order valence-corrected chi connectivity index (χ0v) is 12.9. The first-order chi connectivity index (χ1) is 11.0. The zero-order chi connectivity index (χ0) is 16.4. The van der Waals surface area contributed by atoms with Gasteiger partial charge in [0, 0.05) is 5.69 Å². The number of carbonyl (C=O) groups excluding carboxylic acids is 1. The quantitative estimate of drug-likeness (QED) is 0.692. The number of hydrogen-bond acceptors (Lipinski definition) is 3. The molecule has 0 spiro atoms. The van der Waals surface area contributed by atoms with Crippen molar-refractivity contribution < 1.29 is 9.53 Å². The van der Waals surface area contributed by atoms with E-state index >= 15 is 0 Å². The average molecular weight is 311 g/mol. The van der Waals surface area contributed by atoms with Crippen LogP contribution in [0, 0.1) is 13.8 Å². The summed E-state index contributed by atoms with van der Waals surface area (Å²) in [6.07, 6.45) is 0. The molecule has 3 rings (SSSR count). The number of amides is 1. The second-order valence-electron chi connectivity index (χ2n) is 5.45. The summed E-state index contributed by atoms with van der Waals surface area (Å²) in [6.45, 7) is 3.83. The molecule has 2 aromatic carbocycles. The predicted molar refractivity (Wildman–Crippen MR) is 89.0 cm³/mol. The molecule has 1 heterocycles. The third-order valence-corrected chi connectivity index (χ3v) is 3.50. The number of nitrogens with one attached hydrogen (secondary N) is 3. The number of fused-ring (bicyclic) bond motifs is 1. The molecule has 0 aliphatic rings. The molecule has 0 aliphatic heterocycles. The smallest absolute Gasteiger partial charge is 0.323 e. The first-order valence-corrected chi connectivity index (χ1v) is 7.23. The molecule has 0 aliphatic carbocycles. The molecule has 0 fully saturated rings. The van der Waals surface area contributed by atoms with Crippen LogP contribution >= 0.6 is 0 Å². The zero-order valence-electron chi connectivity index (χ0n) is 12.9. The van der Waals surface area contributed by atoms with Crippen LogP contribution in [0.2, 0.25) is 0 Å². The first kappa shape index (κ1) is 14.9. The van der Waals surface area contributed by atoms with Gasteiger partial charge < -0.3 is 20.0 Å². The summed E-state index contributed by atoms with van der Waals surface area (Å²) in [5, 5.41) is 2.75. The molecular formula is C17H17N3O3. The number of hydrogen-bond donors (Lipinski definition) is 3. The van der Waals surface area contributed by atoms with Crippen LogP contribution < -0.4 is 15.7 Å². The number of aromatic nitrogens is 2. The lowest BCUT2D eigenvalue weighted by atomic mass is 10.1. The Bertz CT molecular complexity index is 924. The van der Waals surface area contributed by atoms with Crippen LogP contribution in [0.4, 0.5) is 5.69 Å². The van der Waals surface area contributed by atoms with E-state index in [0.717, 1.165) is 11.1 Å². The van der Waals surface area contributed by atoms with Crippen molar-refractivity contribution in [3.63, 3.8) is 0 Å². The van der Waals surface area contributed by atoms with Gasteiger partial charge in [-0.25, -0.2) is 4.79 Å². The number of H-pyrrole nitrogens is 2. The number of aryl methyl sites for hydroxylation is 2. The normalized spacial score (nSPS) is 10.7. The Morgan fingerprint density at radius 2 is 1.87 bits per heavy atom. The summed E-state index contributed by atoms with van der Waals surface area (Å²) in [7, 11) is 0. The monoisotopic (exact) mass is 311 g/mol. The summed E-state index contributed by atoms with van der Waals surface area (Å²) < 4.78 is 5.57. The van der Waals surface area contributed by atoms with Crippen LogP contribution in [0.15, 0.2) is 41.2 Å². The molecule has 0 atom stereocenters. The van der Waals surface area contributed by atoms with Crippen LogP contribution in [0.1, 0.15) is 11.1 Å². The maximum atomic E-state index is 12.0. The molecular weight excluding hydrogens is 294 g/mol. The van der Waals surface area contributed by atoms with E-state index in [-0.39, 0.29) is 18.2 Å². The van der Waals surface area contributed by atoms with Crippen LogP contribution in [-0.4, -0.2) is 22.5 Å². The third-order valence-electron chi connectivity index (χ3n) is 3.50. The Morgan fingerprint density at radius 3 is 2.70 bits per heavy atom. The van der Waals surface area contributed by atoms with E-state index in [4.69, 9.17) is 4.74 Å². The van der Waals surface area contributed by atoms with Crippen LogP contribution in [0.5, 0.6) is 5.75 Å². The van der Waals surface area contributed by atoms with E-state index in [1.807, 2.05) is 32.0 Å². The van der Waals surface area contributed by atoms with E-state index in [1.54, 1.807) is 18.2 Å². The highest BCUT2D eigenvalue weighted by atomic mass is 16.5. The van der Waals surface area contributed by atoms with Gasteiger partial charge in [-0.3, -0.25) is 4.79 Å². The SMILES string of the molecule is Cc1ccc(C)c(OCC(=O)Nc2ccc3[nH]c(=O)[nH]c3c2)c1. The van der Waals surface area contributed by atoms with Gasteiger partial charge in [0.2, 0.25) is 0 Å². The summed E-state index contributed by atoms with van der Waals surface area (Å²) in [5.41, 5.74) is 3.72. The molecule has 118 valence electrons. The lowest BCUT2D eigenvalue weighted by Gasteiger charge is -2.10. The molecule has 1 amide bonds. The van der Waals surface area contributed by atoms with Crippen molar-refractivity contribution in [3.05, 3.63) is 58.0 Å². The number of carbonyl (C=O) groups is 1. The minimum atomic E-state index is -0.276. The van der Waals surface area contributed by atoms with Crippen molar-refractivity contribution in [2.45, 2.75) is 13.8 Å². The second-order valence-corrected chi connectivity index (χ2v) is 5.45. The Kier molecular flexibility index (Phi) is 3.89. The molecule has 0 saturated carbocycles. The highest BCUT2D eigenvalue weighted by molar-refractivity contribution is 5.93. The molecule has 3 N–H and O–H groups in total. The number of rotatable bonds is 4. The maximum absolute atomic E-state index is 12.0. The van der Waals surface area contributed by atoms with Gasteiger partial charge in [-0.05, 0) is 49.2 Å². The predicted octanol–water partition coefficient (Wildman–Crippen LogP) is 2.49. The molecule has 6 heteroatoms. The number of ether oxygens (including phenoxy) is 1. The van der Waals surface area contributed by atoms with Gasteiger partial charge >= 0.3 is 5.69 Å². The lowest BCUT2D eigenvalue weighted by molar-refractivity contribution is -0.118. The highest BCUT2D eigenvalue weighted by Crippen LogP contribution is 2.19. The van der Waals surface area contributed by atoms with Crippen LogP contribution in [0.25, 0.3) is 11.0 Å². The molecule has 3 aromatic rings. The van der Waals surface area contributed by atoms with Gasteiger partial charge in [-0.2, -0.15) is 0 Å². The van der Waals surface area contributed by atoms with Gasteiger partial charge in [-0.1, -0.05) is 12.1 Å². The molecule has 0 saturated heterocycles. The van der Waals surface area contributed by atoms with Crippen LogP contribution in [-0.2, 0) is 4.79 Å². The van der Waals surface area contributed by atoms with E-state index in [1.165, 1.54) is 0 Å². The second kappa shape index (κ2) is 6.00. The number of imidazole rings is 1. The van der Waals surface area contributed by atoms with Crippen molar-refractivity contribution in [2.75, 3.05) is 11.9 Å².